The third-order valence-corrected chi connectivity index (χ3v) is 2.38. The van der Waals surface area contributed by atoms with Gasteiger partial charge in [-0.2, -0.15) is 0 Å². The fourth-order valence-corrected chi connectivity index (χ4v) is 1.36. The number of aliphatic carboxylic acids is 1. The molecule has 0 aromatic heterocycles. The van der Waals surface area contributed by atoms with Crippen LogP contribution in [0.1, 0.15) is 12.5 Å². The number of carboxylic acids is 1. The molecule has 0 heterocycles. The van der Waals surface area contributed by atoms with Gasteiger partial charge in [-0.1, -0.05) is 12.1 Å². The van der Waals surface area contributed by atoms with Crippen LogP contribution >= 0.6 is 0 Å². The third kappa shape index (κ3) is 4.14. The van der Waals surface area contributed by atoms with E-state index in [2.05, 4.69) is 5.32 Å². The maximum Gasteiger partial charge on any atom is 0.326 e. The lowest BCUT2D eigenvalue weighted by molar-refractivity contribution is -0.141. The third-order valence-electron chi connectivity index (χ3n) is 2.38. The number of carboxylic acid groups (broad SMARTS) is 1. The molecule has 2 unspecified atom stereocenters. The molecule has 98 valence electrons. The van der Waals surface area contributed by atoms with Gasteiger partial charge in [0.1, 0.15) is 11.9 Å². The van der Waals surface area contributed by atoms with Crippen LogP contribution in [0.2, 0.25) is 0 Å². The van der Waals surface area contributed by atoms with Crippen molar-refractivity contribution < 1.29 is 19.1 Å². The lowest BCUT2D eigenvalue weighted by Gasteiger charge is -2.16. The smallest absolute Gasteiger partial charge is 0.326 e. The standard InChI is InChI=1S/C12H15FN2O3/c1-7(14)11(16)15-10(12(17)18)6-8-2-4-9(13)5-3-8/h2-5,7,10H,6,14H2,1H3,(H,15,16)(H,17,18). The van der Waals surface area contributed by atoms with Crippen LogP contribution in [-0.4, -0.2) is 29.1 Å². The van der Waals surface area contributed by atoms with Crippen molar-refractivity contribution in [1.29, 1.82) is 0 Å². The second-order valence-electron chi connectivity index (χ2n) is 4.02. The number of nitrogens with two attached hydrogens (primary N) is 1. The average Bonchev–Trinajstić information content (AvgIpc) is 2.30. The lowest BCUT2D eigenvalue weighted by Crippen LogP contribution is -2.48. The highest BCUT2D eigenvalue weighted by molar-refractivity contribution is 5.86. The minimum Gasteiger partial charge on any atom is -0.480 e. The monoisotopic (exact) mass is 254 g/mol. The highest BCUT2D eigenvalue weighted by Crippen LogP contribution is 2.06. The molecule has 4 N–H and O–H groups in total. The largest absolute Gasteiger partial charge is 0.480 e. The van der Waals surface area contributed by atoms with E-state index in [9.17, 15) is 14.0 Å². The fraction of sp³-hybridized carbons (Fsp3) is 0.333. The summed E-state index contributed by atoms with van der Waals surface area (Å²) >= 11 is 0. The topological polar surface area (TPSA) is 92.4 Å². The number of carbonyl (C=O) groups is 2. The Balaban J connectivity index is 2.72. The summed E-state index contributed by atoms with van der Waals surface area (Å²) in [5.41, 5.74) is 5.96. The van der Waals surface area contributed by atoms with Gasteiger partial charge in [-0.3, -0.25) is 4.79 Å². The molecule has 0 aliphatic heterocycles. The van der Waals surface area contributed by atoms with Crippen molar-refractivity contribution in [3.8, 4) is 0 Å². The van der Waals surface area contributed by atoms with Crippen LogP contribution in [0.5, 0.6) is 0 Å². The van der Waals surface area contributed by atoms with Crippen LogP contribution in [0.25, 0.3) is 0 Å². The minimum atomic E-state index is -1.16. The average molecular weight is 254 g/mol. The van der Waals surface area contributed by atoms with Gasteiger partial charge < -0.3 is 16.2 Å². The minimum absolute atomic E-state index is 0.0775. The number of carbonyl (C=O) groups excluding carboxylic acids is 1. The Morgan fingerprint density at radius 2 is 1.94 bits per heavy atom. The van der Waals surface area contributed by atoms with Crippen molar-refractivity contribution in [2.45, 2.75) is 25.4 Å². The van der Waals surface area contributed by atoms with E-state index >= 15 is 0 Å². The zero-order valence-electron chi connectivity index (χ0n) is 9.89. The van der Waals surface area contributed by atoms with E-state index in [1.807, 2.05) is 0 Å². The summed E-state index contributed by atoms with van der Waals surface area (Å²) in [5, 5.41) is 11.3. The Morgan fingerprint density at radius 3 is 2.39 bits per heavy atom. The first-order valence-electron chi connectivity index (χ1n) is 5.43. The summed E-state index contributed by atoms with van der Waals surface area (Å²) < 4.78 is 12.7. The summed E-state index contributed by atoms with van der Waals surface area (Å²) in [5.74, 6) is -2.09. The zero-order valence-corrected chi connectivity index (χ0v) is 9.89. The maximum atomic E-state index is 12.7. The summed E-state index contributed by atoms with van der Waals surface area (Å²) in [6, 6.07) is 3.57. The van der Waals surface area contributed by atoms with E-state index in [1.165, 1.54) is 31.2 Å². The van der Waals surface area contributed by atoms with Gasteiger partial charge in [-0.25, -0.2) is 9.18 Å². The Kier molecular flexibility index (Phi) is 4.79. The van der Waals surface area contributed by atoms with E-state index in [4.69, 9.17) is 10.8 Å². The number of benzene rings is 1. The Bertz CT molecular complexity index is 431. The van der Waals surface area contributed by atoms with Crippen molar-refractivity contribution in [3.63, 3.8) is 0 Å². The van der Waals surface area contributed by atoms with E-state index in [0.29, 0.717) is 5.56 Å². The molecule has 2 atom stereocenters. The first-order valence-corrected chi connectivity index (χ1v) is 5.43. The van der Waals surface area contributed by atoms with Crippen LogP contribution in [0.4, 0.5) is 4.39 Å². The second kappa shape index (κ2) is 6.11. The molecular weight excluding hydrogens is 239 g/mol. The summed E-state index contributed by atoms with van der Waals surface area (Å²) in [4.78, 5) is 22.3. The van der Waals surface area contributed by atoms with Gasteiger partial charge in [-0.15, -0.1) is 0 Å². The molecule has 1 rings (SSSR count). The first kappa shape index (κ1) is 14.1. The van der Waals surface area contributed by atoms with Gasteiger partial charge in [0.05, 0.1) is 6.04 Å². The van der Waals surface area contributed by atoms with Crippen molar-refractivity contribution in [1.82, 2.24) is 5.32 Å². The molecule has 1 aromatic rings. The molecule has 1 aromatic carbocycles. The summed E-state index contributed by atoms with van der Waals surface area (Å²) in [7, 11) is 0. The van der Waals surface area contributed by atoms with Crippen molar-refractivity contribution in [3.05, 3.63) is 35.6 Å². The molecule has 0 bridgehead atoms. The Hall–Kier alpha value is -1.95. The van der Waals surface area contributed by atoms with Crippen LogP contribution in [0, 0.1) is 5.82 Å². The van der Waals surface area contributed by atoms with Crippen molar-refractivity contribution in [2.24, 2.45) is 5.73 Å². The van der Waals surface area contributed by atoms with Crippen LogP contribution in [0.15, 0.2) is 24.3 Å². The molecule has 6 heteroatoms. The molecular formula is C12H15FN2O3. The highest BCUT2D eigenvalue weighted by atomic mass is 19.1. The van der Waals surface area contributed by atoms with E-state index in [-0.39, 0.29) is 6.42 Å². The SMILES string of the molecule is CC(N)C(=O)NC(Cc1ccc(F)cc1)C(=O)O. The van der Waals surface area contributed by atoms with Gasteiger partial charge in [0.2, 0.25) is 5.91 Å². The number of rotatable bonds is 5. The molecule has 1 amide bonds. The van der Waals surface area contributed by atoms with Crippen LogP contribution < -0.4 is 11.1 Å². The molecule has 18 heavy (non-hydrogen) atoms. The van der Waals surface area contributed by atoms with Crippen molar-refractivity contribution in [2.75, 3.05) is 0 Å². The normalized spacial score (nSPS) is 13.7. The molecule has 0 spiro atoms. The number of hydrogen-bond donors (Lipinski definition) is 3. The first-order chi connectivity index (χ1) is 8.40. The number of halogens is 1. The van der Waals surface area contributed by atoms with Crippen LogP contribution in [-0.2, 0) is 16.0 Å². The van der Waals surface area contributed by atoms with Gasteiger partial charge in [0.25, 0.3) is 0 Å². The van der Waals surface area contributed by atoms with E-state index in [0.717, 1.165) is 0 Å². The van der Waals surface area contributed by atoms with E-state index in [1.54, 1.807) is 0 Å². The Morgan fingerprint density at radius 1 is 1.39 bits per heavy atom. The lowest BCUT2D eigenvalue weighted by atomic mass is 10.1. The van der Waals surface area contributed by atoms with Crippen molar-refractivity contribution >= 4 is 11.9 Å². The molecule has 0 fully saturated rings. The molecule has 0 aliphatic rings. The number of amides is 1. The van der Waals surface area contributed by atoms with Crippen LogP contribution in [0.3, 0.4) is 0 Å². The molecule has 5 nitrogen and oxygen atoms in total. The quantitative estimate of drug-likeness (QED) is 0.704. The zero-order chi connectivity index (χ0) is 13.7. The summed E-state index contributed by atoms with van der Waals surface area (Å²) in [6.45, 7) is 1.46. The predicted molar refractivity (Wildman–Crippen MR) is 63.3 cm³/mol. The predicted octanol–water partition coefficient (Wildman–Crippen LogP) is 0.285. The van der Waals surface area contributed by atoms with Gasteiger partial charge in [-0.05, 0) is 24.6 Å². The van der Waals surface area contributed by atoms with Gasteiger partial charge in [0, 0.05) is 6.42 Å². The molecule has 0 saturated heterocycles. The number of nitrogens with one attached hydrogen (secondary N) is 1. The molecule has 0 saturated carbocycles. The fourth-order valence-electron chi connectivity index (χ4n) is 1.36. The molecule has 0 radical (unpaired) electrons. The summed E-state index contributed by atoms with van der Waals surface area (Å²) in [6.07, 6.45) is 0.0775. The maximum absolute atomic E-state index is 12.7. The second-order valence-corrected chi connectivity index (χ2v) is 4.02. The van der Waals surface area contributed by atoms with E-state index < -0.39 is 29.8 Å². The Labute approximate surface area is 104 Å². The van der Waals surface area contributed by atoms with Gasteiger partial charge in [0.15, 0.2) is 0 Å². The number of hydrogen-bond acceptors (Lipinski definition) is 3. The molecule has 0 aliphatic carbocycles. The highest BCUT2D eigenvalue weighted by Gasteiger charge is 2.21. The van der Waals surface area contributed by atoms with Gasteiger partial charge >= 0.3 is 5.97 Å².